The molecule has 0 bridgehead atoms. The SMILES string of the molecule is C[C@H](O)[C@H](O)[C@@H](O)[C@@H](O)/C=N/NC(=O)CCCCCC(=O)Nc1ccccc1O. The number of phenolic OH excluding ortho intramolecular Hbond substituents is 1. The Hall–Kier alpha value is -2.53. The Labute approximate surface area is 168 Å². The average molecular weight is 411 g/mol. The van der Waals surface area contributed by atoms with Crippen molar-refractivity contribution in [2.75, 3.05) is 5.32 Å². The number of para-hydroxylation sites is 2. The summed E-state index contributed by atoms with van der Waals surface area (Å²) >= 11 is 0. The van der Waals surface area contributed by atoms with E-state index in [0.29, 0.717) is 24.9 Å². The zero-order chi connectivity index (χ0) is 21.8. The Bertz CT molecular complexity index is 682. The molecule has 0 fully saturated rings. The molecule has 2 amide bonds. The van der Waals surface area contributed by atoms with E-state index in [1.807, 2.05) is 0 Å². The molecule has 0 heterocycles. The third-order valence-electron chi connectivity index (χ3n) is 4.10. The summed E-state index contributed by atoms with van der Waals surface area (Å²) in [6.07, 6.45) is -2.97. The van der Waals surface area contributed by atoms with Gasteiger partial charge < -0.3 is 30.8 Å². The van der Waals surface area contributed by atoms with Crippen LogP contribution in [0, 0.1) is 0 Å². The number of benzene rings is 1. The second kappa shape index (κ2) is 12.8. The Morgan fingerprint density at radius 3 is 2.24 bits per heavy atom. The van der Waals surface area contributed by atoms with E-state index < -0.39 is 30.3 Å². The molecular formula is C19H29N3O7. The maximum absolute atomic E-state index is 11.8. The minimum Gasteiger partial charge on any atom is -0.506 e. The van der Waals surface area contributed by atoms with Crippen molar-refractivity contribution in [2.45, 2.75) is 63.4 Å². The van der Waals surface area contributed by atoms with Crippen LogP contribution in [0.5, 0.6) is 5.75 Å². The molecule has 29 heavy (non-hydrogen) atoms. The maximum atomic E-state index is 11.8. The minimum absolute atomic E-state index is 0.00362. The fraction of sp³-hybridized carbons (Fsp3) is 0.526. The average Bonchev–Trinajstić information content (AvgIpc) is 2.68. The van der Waals surface area contributed by atoms with Crippen molar-refractivity contribution in [1.29, 1.82) is 0 Å². The molecule has 0 radical (unpaired) electrons. The summed E-state index contributed by atoms with van der Waals surface area (Å²) in [6.45, 7) is 1.26. The summed E-state index contributed by atoms with van der Waals surface area (Å²) in [5.74, 6) is -0.638. The second-order valence-electron chi connectivity index (χ2n) is 6.65. The van der Waals surface area contributed by atoms with E-state index >= 15 is 0 Å². The van der Waals surface area contributed by atoms with E-state index in [2.05, 4.69) is 15.8 Å². The Balaban J connectivity index is 2.17. The first-order valence-corrected chi connectivity index (χ1v) is 9.34. The predicted octanol–water partition coefficient (Wildman–Crippen LogP) is -0.153. The molecule has 0 aliphatic rings. The van der Waals surface area contributed by atoms with Gasteiger partial charge in [-0.1, -0.05) is 18.6 Å². The highest BCUT2D eigenvalue weighted by molar-refractivity contribution is 5.92. The Morgan fingerprint density at radius 2 is 1.62 bits per heavy atom. The number of amides is 2. The molecule has 0 saturated heterocycles. The number of aliphatic hydroxyl groups is 4. The molecule has 162 valence electrons. The Kier molecular flexibility index (Phi) is 10.8. The molecule has 0 spiro atoms. The van der Waals surface area contributed by atoms with Gasteiger partial charge in [0.1, 0.15) is 24.1 Å². The third kappa shape index (κ3) is 9.48. The van der Waals surface area contributed by atoms with Crippen LogP contribution in [0.25, 0.3) is 0 Å². The van der Waals surface area contributed by atoms with Gasteiger partial charge in [-0.15, -0.1) is 0 Å². The number of unbranched alkanes of at least 4 members (excludes halogenated alkanes) is 2. The topological polar surface area (TPSA) is 172 Å². The molecule has 0 aliphatic carbocycles. The summed E-state index contributed by atoms with van der Waals surface area (Å²) in [5.41, 5.74) is 2.53. The highest BCUT2D eigenvalue weighted by atomic mass is 16.4. The fourth-order valence-electron chi connectivity index (χ4n) is 2.36. The number of nitrogens with one attached hydrogen (secondary N) is 2. The zero-order valence-electron chi connectivity index (χ0n) is 16.2. The van der Waals surface area contributed by atoms with Crippen molar-refractivity contribution in [3.05, 3.63) is 24.3 Å². The van der Waals surface area contributed by atoms with Crippen molar-refractivity contribution >= 4 is 23.7 Å². The monoisotopic (exact) mass is 411 g/mol. The number of aromatic hydroxyl groups is 1. The molecular weight excluding hydrogens is 382 g/mol. The first kappa shape index (κ1) is 24.5. The van der Waals surface area contributed by atoms with Crippen LogP contribution in [0.2, 0.25) is 0 Å². The number of carbonyl (C=O) groups excluding carboxylic acids is 2. The predicted molar refractivity (Wildman–Crippen MR) is 106 cm³/mol. The van der Waals surface area contributed by atoms with Gasteiger partial charge in [-0.2, -0.15) is 5.10 Å². The largest absolute Gasteiger partial charge is 0.506 e. The first-order valence-electron chi connectivity index (χ1n) is 9.34. The summed E-state index contributed by atoms with van der Waals surface area (Å²) in [5, 5.41) is 53.4. The van der Waals surface area contributed by atoms with Crippen molar-refractivity contribution in [2.24, 2.45) is 5.10 Å². The van der Waals surface area contributed by atoms with E-state index in [1.165, 1.54) is 13.0 Å². The van der Waals surface area contributed by atoms with Crippen molar-refractivity contribution in [3.8, 4) is 5.75 Å². The minimum atomic E-state index is -1.64. The van der Waals surface area contributed by atoms with Crippen LogP contribution >= 0.6 is 0 Å². The highest BCUT2D eigenvalue weighted by Gasteiger charge is 2.27. The van der Waals surface area contributed by atoms with E-state index in [9.17, 15) is 30.0 Å². The van der Waals surface area contributed by atoms with E-state index in [0.717, 1.165) is 6.21 Å². The van der Waals surface area contributed by atoms with Gasteiger partial charge in [-0.3, -0.25) is 9.59 Å². The van der Waals surface area contributed by atoms with Crippen molar-refractivity contribution < 1.29 is 35.1 Å². The highest BCUT2D eigenvalue weighted by Crippen LogP contribution is 2.21. The molecule has 1 rings (SSSR count). The lowest BCUT2D eigenvalue weighted by molar-refractivity contribution is -0.121. The lowest BCUT2D eigenvalue weighted by Gasteiger charge is -2.22. The standard InChI is InChI=1S/C19H29N3O7/c1-12(23)18(28)19(29)15(25)11-20-22-17(27)10-4-2-3-9-16(26)21-13-7-5-6-8-14(13)24/h5-8,11-12,15,18-19,23-25,28-29H,2-4,9-10H2,1H3,(H,21,26)(H,22,27)/b20-11+/t12-,15-,18-,19-/m0/s1. The lowest BCUT2D eigenvalue weighted by atomic mass is 10.1. The van der Waals surface area contributed by atoms with Gasteiger partial charge in [-0.25, -0.2) is 5.43 Å². The normalized spacial score (nSPS) is 15.5. The third-order valence-corrected chi connectivity index (χ3v) is 4.10. The van der Waals surface area contributed by atoms with Gasteiger partial charge in [0.05, 0.1) is 18.0 Å². The van der Waals surface area contributed by atoms with Gasteiger partial charge in [0.25, 0.3) is 0 Å². The molecule has 0 aliphatic heterocycles. The quantitative estimate of drug-likeness (QED) is 0.108. The number of phenols is 1. The van der Waals surface area contributed by atoms with Crippen molar-refractivity contribution in [1.82, 2.24) is 5.43 Å². The zero-order valence-corrected chi connectivity index (χ0v) is 16.2. The molecule has 4 atom stereocenters. The molecule has 7 N–H and O–H groups in total. The van der Waals surface area contributed by atoms with Crippen LogP contribution in [-0.4, -0.2) is 68.0 Å². The van der Waals surface area contributed by atoms with Crippen LogP contribution < -0.4 is 10.7 Å². The fourth-order valence-corrected chi connectivity index (χ4v) is 2.36. The number of aliphatic hydroxyl groups excluding tert-OH is 4. The van der Waals surface area contributed by atoms with Crippen molar-refractivity contribution in [3.63, 3.8) is 0 Å². The molecule has 0 unspecified atom stereocenters. The lowest BCUT2D eigenvalue weighted by Crippen LogP contribution is -2.44. The van der Waals surface area contributed by atoms with Crippen LogP contribution in [0.3, 0.4) is 0 Å². The Morgan fingerprint density at radius 1 is 1.00 bits per heavy atom. The van der Waals surface area contributed by atoms with Gasteiger partial charge in [0.2, 0.25) is 11.8 Å². The number of carbonyl (C=O) groups is 2. The van der Waals surface area contributed by atoms with Gasteiger partial charge in [0, 0.05) is 12.8 Å². The number of rotatable bonds is 12. The van der Waals surface area contributed by atoms with E-state index in [4.69, 9.17) is 5.11 Å². The molecule has 1 aromatic carbocycles. The number of nitrogens with zero attached hydrogens (tertiary/aromatic N) is 1. The smallest absolute Gasteiger partial charge is 0.240 e. The van der Waals surface area contributed by atoms with E-state index in [1.54, 1.807) is 18.2 Å². The van der Waals surface area contributed by atoms with E-state index in [-0.39, 0.29) is 24.5 Å². The number of hydrogen-bond acceptors (Lipinski definition) is 8. The van der Waals surface area contributed by atoms with Gasteiger partial charge in [-0.05, 0) is 31.9 Å². The molecule has 1 aromatic rings. The van der Waals surface area contributed by atoms with Crippen LogP contribution in [-0.2, 0) is 9.59 Å². The van der Waals surface area contributed by atoms with Gasteiger partial charge >= 0.3 is 0 Å². The maximum Gasteiger partial charge on any atom is 0.240 e. The number of anilines is 1. The van der Waals surface area contributed by atoms with Crippen LogP contribution in [0.1, 0.15) is 39.0 Å². The van der Waals surface area contributed by atoms with Crippen LogP contribution in [0.15, 0.2) is 29.4 Å². The second-order valence-corrected chi connectivity index (χ2v) is 6.65. The molecule has 0 aromatic heterocycles. The number of hydrogen-bond donors (Lipinski definition) is 7. The molecule has 10 heteroatoms. The molecule has 0 saturated carbocycles. The van der Waals surface area contributed by atoms with Crippen LogP contribution in [0.4, 0.5) is 5.69 Å². The summed E-state index contributed by atoms with van der Waals surface area (Å²) in [6, 6.07) is 6.43. The summed E-state index contributed by atoms with van der Waals surface area (Å²) in [4.78, 5) is 23.5. The first-order chi connectivity index (χ1) is 13.7. The number of hydrazone groups is 1. The summed E-state index contributed by atoms with van der Waals surface area (Å²) in [7, 11) is 0. The summed E-state index contributed by atoms with van der Waals surface area (Å²) < 4.78 is 0. The van der Waals surface area contributed by atoms with Gasteiger partial charge in [0.15, 0.2) is 0 Å². The molecule has 10 nitrogen and oxygen atoms in total.